The van der Waals surface area contributed by atoms with Crippen molar-refractivity contribution in [3.63, 3.8) is 0 Å². The maximum atomic E-state index is 12.0. The zero-order valence-electron chi connectivity index (χ0n) is 13.9. The van der Waals surface area contributed by atoms with Crippen molar-refractivity contribution in [1.29, 1.82) is 0 Å². The van der Waals surface area contributed by atoms with E-state index in [1.807, 2.05) is 11.8 Å². The van der Waals surface area contributed by atoms with Crippen molar-refractivity contribution < 1.29 is 4.79 Å². The van der Waals surface area contributed by atoms with Crippen molar-refractivity contribution in [2.75, 3.05) is 39.0 Å². The summed E-state index contributed by atoms with van der Waals surface area (Å²) < 4.78 is 0. The first-order valence-corrected chi connectivity index (χ1v) is 10.0. The van der Waals surface area contributed by atoms with Gasteiger partial charge in [0.15, 0.2) is 0 Å². The van der Waals surface area contributed by atoms with Gasteiger partial charge in [-0.15, -0.1) is 0 Å². The standard InChI is InChI=1S/C17H32N2OS/c1-3-4-5-17(20)19-12-6-15(7-13-19)14-18-10-8-16(21-2)9-11-18/h15-16H,3-14H2,1-2H3. The fraction of sp³-hybridized carbons (Fsp3) is 0.941. The van der Waals surface area contributed by atoms with Gasteiger partial charge < -0.3 is 9.80 Å². The lowest BCUT2D eigenvalue weighted by atomic mass is 9.95. The maximum Gasteiger partial charge on any atom is 0.222 e. The summed E-state index contributed by atoms with van der Waals surface area (Å²) in [6.07, 6.45) is 10.3. The Morgan fingerprint density at radius 2 is 1.76 bits per heavy atom. The highest BCUT2D eigenvalue weighted by Gasteiger charge is 2.25. The average Bonchev–Trinajstić information content (AvgIpc) is 2.54. The molecule has 2 rings (SSSR count). The van der Waals surface area contributed by atoms with Gasteiger partial charge in [-0.25, -0.2) is 0 Å². The van der Waals surface area contributed by atoms with Gasteiger partial charge in [-0.05, 0) is 57.4 Å². The molecule has 0 saturated carbocycles. The second-order valence-corrected chi connectivity index (χ2v) is 7.80. The molecule has 2 fully saturated rings. The van der Waals surface area contributed by atoms with E-state index in [2.05, 4.69) is 23.0 Å². The van der Waals surface area contributed by atoms with E-state index in [-0.39, 0.29) is 0 Å². The molecule has 0 atom stereocenters. The number of unbranched alkanes of at least 4 members (excludes halogenated alkanes) is 1. The van der Waals surface area contributed by atoms with Crippen LogP contribution in [-0.2, 0) is 4.79 Å². The molecule has 0 spiro atoms. The van der Waals surface area contributed by atoms with Crippen LogP contribution in [0.15, 0.2) is 0 Å². The Morgan fingerprint density at radius 1 is 1.10 bits per heavy atom. The number of hydrogen-bond donors (Lipinski definition) is 0. The fourth-order valence-electron chi connectivity index (χ4n) is 3.54. The number of piperidine rings is 2. The third kappa shape index (κ3) is 5.48. The largest absolute Gasteiger partial charge is 0.343 e. The van der Waals surface area contributed by atoms with Crippen LogP contribution in [0.25, 0.3) is 0 Å². The fourth-order valence-corrected chi connectivity index (χ4v) is 4.23. The van der Waals surface area contributed by atoms with Gasteiger partial charge in [0.25, 0.3) is 0 Å². The summed E-state index contributed by atoms with van der Waals surface area (Å²) in [4.78, 5) is 16.8. The summed E-state index contributed by atoms with van der Waals surface area (Å²) in [5, 5.41) is 0.888. The van der Waals surface area contributed by atoms with Crippen LogP contribution in [0, 0.1) is 5.92 Å². The molecular formula is C17H32N2OS. The van der Waals surface area contributed by atoms with Gasteiger partial charge >= 0.3 is 0 Å². The van der Waals surface area contributed by atoms with E-state index >= 15 is 0 Å². The van der Waals surface area contributed by atoms with Crippen LogP contribution in [0.1, 0.15) is 51.9 Å². The predicted octanol–water partition coefficient (Wildman–Crippen LogP) is 3.24. The summed E-state index contributed by atoms with van der Waals surface area (Å²) in [5.74, 6) is 1.20. The number of likely N-dealkylation sites (tertiary alicyclic amines) is 2. The first-order chi connectivity index (χ1) is 10.2. The minimum atomic E-state index is 0.385. The summed E-state index contributed by atoms with van der Waals surface area (Å²) in [5.41, 5.74) is 0. The third-order valence-corrected chi connectivity index (χ3v) is 6.23. The molecule has 4 heteroatoms. The van der Waals surface area contributed by atoms with E-state index in [0.29, 0.717) is 5.91 Å². The number of carbonyl (C=O) groups excluding carboxylic acids is 1. The Hall–Kier alpha value is -0.220. The summed E-state index contributed by atoms with van der Waals surface area (Å²) in [6.45, 7) is 7.96. The van der Waals surface area contributed by atoms with E-state index in [1.54, 1.807) is 0 Å². The monoisotopic (exact) mass is 312 g/mol. The number of hydrogen-bond acceptors (Lipinski definition) is 3. The molecule has 1 amide bonds. The van der Waals surface area contributed by atoms with Gasteiger partial charge in [0, 0.05) is 31.3 Å². The van der Waals surface area contributed by atoms with E-state index in [4.69, 9.17) is 0 Å². The Bertz CT molecular complexity index is 308. The molecule has 0 aromatic carbocycles. The average molecular weight is 313 g/mol. The van der Waals surface area contributed by atoms with Crippen molar-refractivity contribution in [3.05, 3.63) is 0 Å². The SMILES string of the molecule is CCCCC(=O)N1CCC(CN2CCC(SC)CC2)CC1. The quantitative estimate of drug-likeness (QED) is 0.752. The summed E-state index contributed by atoms with van der Waals surface area (Å²) >= 11 is 2.03. The smallest absolute Gasteiger partial charge is 0.222 e. The van der Waals surface area contributed by atoms with Crippen LogP contribution in [0.4, 0.5) is 0 Å². The van der Waals surface area contributed by atoms with Gasteiger partial charge in [0.2, 0.25) is 5.91 Å². The molecule has 0 aromatic rings. The molecule has 2 saturated heterocycles. The highest BCUT2D eigenvalue weighted by molar-refractivity contribution is 7.99. The van der Waals surface area contributed by atoms with E-state index < -0.39 is 0 Å². The first-order valence-electron chi connectivity index (χ1n) is 8.75. The second-order valence-electron chi connectivity index (χ2n) is 6.66. The van der Waals surface area contributed by atoms with Crippen molar-refractivity contribution >= 4 is 17.7 Å². The normalized spacial score (nSPS) is 22.7. The lowest BCUT2D eigenvalue weighted by Gasteiger charge is -2.37. The minimum absolute atomic E-state index is 0.385. The van der Waals surface area contributed by atoms with Crippen LogP contribution < -0.4 is 0 Å². The van der Waals surface area contributed by atoms with E-state index in [0.717, 1.165) is 43.5 Å². The number of amides is 1. The molecule has 0 aromatic heterocycles. The number of rotatable bonds is 6. The molecule has 2 heterocycles. The van der Waals surface area contributed by atoms with Crippen LogP contribution in [0.5, 0.6) is 0 Å². The lowest BCUT2D eigenvalue weighted by Crippen LogP contribution is -2.43. The molecule has 0 aliphatic carbocycles. The second kappa shape index (κ2) is 9.04. The molecule has 2 aliphatic heterocycles. The highest BCUT2D eigenvalue weighted by Crippen LogP contribution is 2.24. The van der Waals surface area contributed by atoms with Crippen molar-refractivity contribution in [3.8, 4) is 0 Å². The Labute approximate surface area is 134 Å². The van der Waals surface area contributed by atoms with Gasteiger partial charge in [-0.3, -0.25) is 4.79 Å². The molecular weight excluding hydrogens is 280 g/mol. The zero-order valence-corrected chi connectivity index (χ0v) is 14.7. The number of nitrogens with zero attached hydrogens (tertiary/aromatic N) is 2. The van der Waals surface area contributed by atoms with Crippen molar-refractivity contribution in [2.45, 2.75) is 57.1 Å². The lowest BCUT2D eigenvalue weighted by molar-refractivity contribution is -0.132. The van der Waals surface area contributed by atoms with Crippen molar-refractivity contribution in [2.24, 2.45) is 5.92 Å². The Morgan fingerprint density at radius 3 is 2.33 bits per heavy atom. The van der Waals surface area contributed by atoms with E-state index in [1.165, 1.54) is 45.3 Å². The molecule has 122 valence electrons. The predicted molar refractivity (Wildman–Crippen MR) is 91.8 cm³/mol. The van der Waals surface area contributed by atoms with Gasteiger partial charge in [-0.2, -0.15) is 11.8 Å². The first kappa shape index (κ1) is 17.1. The van der Waals surface area contributed by atoms with Crippen LogP contribution in [0.2, 0.25) is 0 Å². The minimum Gasteiger partial charge on any atom is -0.343 e. The molecule has 0 unspecified atom stereocenters. The molecule has 0 radical (unpaired) electrons. The van der Waals surface area contributed by atoms with Crippen LogP contribution >= 0.6 is 11.8 Å². The molecule has 21 heavy (non-hydrogen) atoms. The highest BCUT2D eigenvalue weighted by atomic mass is 32.2. The van der Waals surface area contributed by atoms with Crippen LogP contribution in [0.3, 0.4) is 0 Å². The third-order valence-electron chi connectivity index (χ3n) is 5.10. The molecule has 0 N–H and O–H groups in total. The maximum absolute atomic E-state index is 12.0. The number of carbonyl (C=O) groups is 1. The topological polar surface area (TPSA) is 23.6 Å². The Balaban J connectivity index is 1.64. The zero-order chi connectivity index (χ0) is 15.1. The Kier molecular flexibility index (Phi) is 7.38. The van der Waals surface area contributed by atoms with Gasteiger partial charge in [-0.1, -0.05) is 13.3 Å². The van der Waals surface area contributed by atoms with Gasteiger partial charge in [0.1, 0.15) is 0 Å². The summed E-state index contributed by atoms with van der Waals surface area (Å²) in [6, 6.07) is 0. The molecule has 2 aliphatic rings. The van der Waals surface area contributed by atoms with Crippen molar-refractivity contribution in [1.82, 2.24) is 9.80 Å². The van der Waals surface area contributed by atoms with E-state index in [9.17, 15) is 4.79 Å². The molecule has 3 nitrogen and oxygen atoms in total. The number of thioether (sulfide) groups is 1. The van der Waals surface area contributed by atoms with Crippen LogP contribution in [-0.4, -0.2) is 59.9 Å². The summed E-state index contributed by atoms with van der Waals surface area (Å²) in [7, 11) is 0. The van der Waals surface area contributed by atoms with Gasteiger partial charge in [0.05, 0.1) is 0 Å². The molecule has 0 bridgehead atoms.